The van der Waals surface area contributed by atoms with Crippen LogP contribution in [0, 0.1) is 0 Å². The van der Waals surface area contributed by atoms with Gasteiger partial charge in [0.05, 0.1) is 10.7 Å². The van der Waals surface area contributed by atoms with Crippen LogP contribution in [0.4, 0.5) is 5.69 Å². The molecule has 0 aromatic carbocycles. The Kier molecular flexibility index (Phi) is 3.93. The third-order valence-electron chi connectivity index (χ3n) is 2.46. The molecule has 0 saturated heterocycles. The highest BCUT2D eigenvalue weighted by Crippen LogP contribution is 2.25. The predicted octanol–water partition coefficient (Wildman–Crippen LogP) is 2.61. The zero-order chi connectivity index (χ0) is 14.0. The van der Waals surface area contributed by atoms with E-state index in [1.165, 1.54) is 31.7 Å². The summed E-state index contributed by atoms with van der Waals surface area (Å²) in [7, 11) is -2.29. The molecule has 0 amide bonds. The van der Waals surface area contributed by atoms with Crippen LogP contribution in [0.2, 0.25) is 10.2 Å². The highest BCUT2D eigenvalue weighted by Gasteiger charge is 2.22. The van der Waals surface area contributed by atoms with Gasteiger partial charge in [-0.15, -0.1) is 0 Å². The fourth-order valence-corrected chi connectivity index (χ4v) is 2.90. The highest BCUT2D eigenvalue weighted by atomic mass is 35.5. The Hall–Kier alpha value is -1.37. The molecular formula is C11H9Cl2N3O2S. The van der Waals surface area contributed by atoms with Crippen LogP contribution in [0.1, 0.15) is 0 Å². The summed E-state index contributed by atoms with van der Waals surface area (Å²) in [6.45, 7) is 0. The van der Waals surface area contributed by atoms with E-state index in [1.54, 1.807) is 12.1 Å². The van der Waals surface area contributed by atoms with Crippen molar-refractivity contribution < 1.29 is 8.42 Å². The minimum Gasteiger partial charge on any atom is -0.269 e. The zero-order valence-corrected chi connectivity index (χ0v) is 12.1. The normalized spacial score (nSPS) is 11.3. The Labute approximate surface area is 120 Å². The van der Waals surface area contributed by atoms with Gasteiger partial charge in [0.1, 0.15) is 10.0 Å². The SMILES string of the molecule is CN(c1ccncc1)S(=O)(=O)c1cnc(Cl)c(Cl)c1. The Morgan fingerprint density at radius 2 is 1.84 bits per heavy atom. The lowest BCUT2D eigenvalue weighted by atomic mass is 10.4. The van der Waals surface area contributed by atoms with Crippen molar-refractivity contribution in [2.75, 3.05) is 11.4 Å². The first-order chi connectivity index (χ1) is 8.93. The van der Waals surface area contributed by atoms with E-state index in [0.29, 0.717) is 5.69 Å². The van der Waals surface area contributed by atoms with Crippen molar-refractivity contribution in [1.82, 2.24) is 9.97 Å². The van der Waals surface area contributed by atoms with Crippen LogP contribution < -0.4 is 4.31 Å². The number of anilines is 1. The van der Waals surface area contributed by atoms with Crippen molar-refractivity contribution in [3.63, 3.8) is 0 Å². The van der Waals surface area contributed by atoms with E-state index in [-0.39, 0.29) is 15.1 Å². The van der Waals surface area contributed by atoms with Crippen molar-refractivity contribution in [1.29, 1.82) is 0 Å². The molecule has 0 N–H and O–H groups in total. The van der Waals surface area contributed by atoms with E-state index in [0.717, 1.165) is 4.31 Å². The minimum atomic E-state index is -3.73. The molecule has 5 nitrogen and oxygen atoms in total. The molecule has 0 bridgehead atoms. The Bertz CT molecular complexity index is 692. The molecule has 0 aliphatic rings. The number of rotatable bonds is 3. The summed E-state index contributed by atoms with van der Waals surface area (Å²) in [5, 5.41) is 0.151. The van der Waals surface area contributed by atoms with Crippen molar-refractivity contribution in [3.8, 4) is 0 Å². The molecule has 0 aliphatic carbocycles. The number of sulfonamides is 1. The molecule has 2 aromatic rings. The Morgan fingerprint density at radius 1 is 1.21 bits per heavy atom. The molecule has 19 heavy (non-hydrogen) atoms. The zero-order valence-electron chi connectivity index (χ0n) is 9.79. The van der Waals surface area contributed by atoms with Crippen molar-refractivity contribution in [2.45, 2.75) is 4.90 Å². The van der Waals surface area contributed by atoms with E-state index in [9.17, 15) is 8.42 Å². The summed E-state index contributed by atoms with van der Waals surface area (Å²) in [6.07, 6.45) is 4.18. The summed E-state index contributed by atoms with van der Waals surface area (Å²) in [5.74, 6) is 0. The second kappa shape index (κ2) is 5.32. The van der Waals surface area contributed by atoms with Gasteiger partial charge in [-0.3, -0.25) is 9.29 Å². The quantitative estimate of drug-likeness (QED) is 0.816. The molecule has 0 fully saturated rings. The van der Waals surface area contributed by atoms with Crippen LogP contribution in [-0.2, 0) is 10.0 Å². The summed E-state index contributed by atoms with van der Waals surface area (Å²) in [4.78, 5) is 7.55. The fraction of sp³-hybridized carbons (Fsp3) is 0.0909. The van der Waals surface area contributed by atoms with Gasteiger partial charge < -0.3 is 0 Å². The summed E-state index contributed by atoms with van der Waals surface area (Å²) < 4.78 is 25.8. The topological polar surface area (TPSA) is 63.2 Å². The molecule has 100 valence electrons. The average molecular weight is 318 g/mol. The molecule has 0 unspecified atom stereocenters. The lowest BCUT2D eigenvalue weighted by Crippen LogP contribution is -2.26. The van der Waals surface area contributed by atoms with E-state index in [4.69, 9.17) is 23.2 Å². The minimum absolute atomic E-state index is 0.0267. The maximum absolute atomic E-state index is 12.4. The number of aromatic nitrogens is 2. The molecule has 0 atom stereocenters. The Balaban J connectivity index is 2.45. The van der Waals surface area contributed by atoms with Gasteiger partial charge in [0, 0.05) is 25.6 Å². The number of nitrogens with zero attached hydrogens (tertiary/aromatic N) is 3. The van der Waals surface area contributed by atoms with Gasteiger partial charge >= 0.3 is 0 Å². The third kappa shape index (κ3) is 2.80. The number of halogens is 2. The third-order valence-corrected chi connectivity index (χ3v) is 4.89. The van der Waals surface area contributed by atoms with Crippen molar-refractivity contribution in [2.24, 2.45) is 0 Å². The smallest absolute Gasteiger partial charge is 0.265 e. The molecule has 0 radical (unpaired) electrons. The predicted molar refractivity (Wildman–Crippen MR) is 74.1 cm³/mol. The largest absolute Gasteiger partial charge is 0.269 e. The van der Waals surface area contributed by atoms with Gasteiger partial charge in [0.15, 0.2) is 0 Å². The molecule has 2 aromatic heterocycles. The van der Waals surface area contributed by atoms with E-state index < -0.39 is 10.0 Å². The molecule has 2 rings (SSSR count). The summed E-state index contributed by atoms with van der Waals surface area (Å²) in [6, 6.07) is 4.44. The van der Waals surface area contributed by atoms with Crippen molar-refractivity contribution >= 4 is 38.9 Å². The molecule has 0 aliphatic heterocycles. The second-order valence-electron chi connectivity index (χ2n) is 3.62. The van der Waals surface area contributed by atoms with Crippen LogP contribution in [-0.4, -0.2) is 25.4 Å². The van der Waals surface area contributed by atoms with Gasteiger partial charge in [-0.2, -0.15) is 0 Å². The van der Waals surface area contributed by atoms with E-state index >= 15 is 0 Å². The number of hydrogen-bond acceptors (Lipinski definition) is 4. The first kappa shape index (κ1) is 14.0. The lowest BCUT2D eigenvalue weighted by molar-refractivity contribution is 0.594. The monoisotopic (exact) mass is 317 g/mol. The van der Waals surface area contributed by atoms with Crippen LogP contribution >= 0.6 is 23.2 Å². The van der Waals surface area contributed by atoms with Crippen LogP contribution in [0.3, 0.4) is 0 Å². The molecule has 0 spiro atoms. The molecule has 2 heterocycles. The van der Waals surface area contributed by atoms with Gasteiger partial charge in [-0.1, -0.05) is 23.2 Å². The standard InChI is InChI=1S/C11H9Cl2N3O2S/c1-16(8-2-4-14-5-3-8)19(17,18)9-6-10(12)11(13)15-7-9/h2-7H,1H3. The van der Waals surface area contributed by atoms with Crippen LogP contribution in [0.5, 0.6) is 0 Å². The first-order valence-electron chi connectivity index (χ1n) is 5.13. The van der Waals surface area contributed by atoms with Crippen molar-refractivity contribution in [3.05, 3.63) is 47.0 Å². The van der Waals surface area contributed by atoms with Crippen LogP contribution in [0.15, 0.2) is 41.7 Å². The number of pyridine rings is 2. The Morgan fingerprint density at radius 3 is 2.42 bits per heavy atom. The van der Waals surface area contributed by atoms with Gasteiger partial charge in [0.2, 0.25) is 0 Å². The molecule has 8 heteroatoms. The van der Waals surface area contributed by atoms with Gasteiger partial charge in [0.25, 0.3) is 10.0 Å². The van der Waals surface area contributed by atoms with Gasteiger partial charge in [-0.25, -0.2) is 13.4 Å². The maximum Gasteiger partial charge on any atom is 0.265 e. The first-order valence-corrected chi connectivity index (χ1v) is 7.32. The fourth-order valence-electron chi connectivity index (χ4n) is 1.40. The molecular weight excluding hydrogens is 309 g/mol. The average Bonchev–Trinajstić information content (AvgIpc) is 2.41. The lowest BCUT2D eigenvalue weighted by Gasteiger charge is -2.19. The highest BCUT2D eigenvalue weighted by molar-refractivity contribution is 7.92. The molecule has 0 saturated carbocycles. The maximum atomic E-state index is 12.4. The van der Waals surface area contributed by atoms with Gasteiger partial charge in [-0.05, 0) is 18.2 Å². The number of hydrogen-bond donors (Lipinski definition) is 0. The van der Waals surface area contributed by atoms with Crippen LogP contribution in [0.25, 0.3) is 0 Å². The summed E-state index contributed by atoms with van der Waals surface area (Å²) >= 11 is 11.5. The summed E-state index contributed by atoms with van der Waals surface area (Å²) in [5.41, 5.74) is 0.487. The van der Waals surface area contributed by atoms with E-state index in [1.807, 2.05) is 0 Å². The van der Waals surface area contributed by atoms with E-state index in [2.05, 4.69) is 9.97 Å². The second-order valence-corrected chi connectivity index (χ2v) is 6.36.